The second kappa shape index (κ2) is 8.39. The molecule has 3 heterocycles. The molecule has 0 radical (unpaired) electrons. The molecule has 0 N–H and O–H groups in total. The molecule has 8 aromatic rings. The first-order chi connectivity index (χ1) is 20.3. The van der Waals surface area contributed by atoms with Gasteiger partial charge in [-0.2, -0.15) is 0 Å². The number of nitrogens with zero attached hydrogens (tertiary/aromatic N) is 3. The summed E-state index contributed by atoms with van der Waals surface area (Å²) in [7, 11) is 2.19. The van der Waals surface area contributed by atoms with E-state index in [9.17, 15) is 0 Å². The molecule has 0 saturated heterocycles. The van der Waals surface area contributed by atoms with Crippen molar-refractivity contribution in [3.63, 3.8) is 0 Å². The summed E-state index contributed by atoms with van der Waals surface area (Å²) in [5.41, 5.74) is 11.3. The number of fused-ring (bicyclic) bond motifs is 9. The molecule has 1 aliphatic heterocycles. The van der Waals surface area contributed by atoms with Crippen LogP contribution in [-0.2, 0) is 0 Å². The lowest BCUT2D eigenvalue weighted by molar-refractivity contribution is 1.18. The second-order valence-electron chi connectivity index (χ2n) is 11.0. The molecule has 0 fully saturated rings. The van der Waals surface area contributed by atoms with Crippen molar-refractivity contribution in [1.29, 1.82) is 0 Å². The maximum absolute atomic E-state index is 2.62. The molecule has 0 spiro atoms. The summed E-state index contributed by atoms with van der Waals surface area (Å²) in [4.78, 5) is 2.34. The van der Waals surface area contributed by atoms with Crippen LogP contribution in [0.3, 0.4) is 0 Å². The van der Waals surface area contributed by atoms with E-state index in [-0.39, 0.29) is 6.85 Å². The maximum atomic E-state index is 2.62. The molecule has 0 bridgehead atoms. The minimum absolute atomic E-state index is 0.0328. The first-order valence-corrected chi connectivity index (χ1v) is 14.2. The van der Waals surface area contributed by atoms with Crippen LogP contribution in [0.5, 0.6) is 0 Å². The molecular weight excluding hydrogens is 497 g/mol. The van der Waals surface area contributed by atoms with E-state index in [4.69, 9.17) is 0 Å². The number of aromatic nitrogens is 2. The van der Waals surface area contributed by atoms with Crippen LogP contribution in [0.25, 0.3) is 49.3 Å². The van der Waals surface area contributed by atoms with Crippen LogP contribution in [0.2, 0.25) is 0 Å². The lowest BCUT2D eigenvalue weighted by Crippen LogP contribution is -2.54. The molecule has 0 unspecified atom stereocenters. The van der Waals surface area contributed by atoms with Crippen LogP contribution in [0.1, 0.15) is 0 Å². The van der Waals surface area contributed by atoms with Crippen molar-refractivity contribution in [1.82, 2.24) is 9.05 Å². The summed E-state index contributed by atoms with van der Waals surface area (Å²) >= 11 is 0. The van der Waals surface area contributed by atoms with Crippen molar-refractivity contribution in [2.45, 2.75) is 0 Å². The number of anilines is 2. The normalized spacial score (nSPS) is 12.9. The lowest BCUT2D eigenvalue weighted by Gasteiger charge is -2.35. The molecule has 4 heteroatoms. The van der Waals surface area contributed by atoms with E-state index < -0.39 is 0 Å². The quantitative estimate of drug-likeness (QED) is 0.213. The molecule has 2 aromatic heterocycles. The van der Waals surface area contributed by atoms with Crippen LogP contribution in [0, 0.1) is 0 Å². The molecule has 41 heavy (non-hydrogen) atoms. The van der Waals surface area contributed by atoms with Crippen LogP contribution in [0.15, 0.2) is 140 Å². The average molecular weight is 523 g/mol. The third-order valence-electron chi connectivity index (χ3n) is 8.96. The topological polar surface area (TPSA) is 13.1 Å². The first-order valence-electron chi connectivity index (χ1n) is 14.2. The van der Waals surface area contributed by atoms with Gasteiger partial charge in [0.15, 0.2) is 0 Å². The van der Waals surface area contributed by atoms with Crippen LogP contribution in [0.4, 0.5) is 11.4 Å². The summed E-state index contributed by atoms with van der Waals surface area (Å²) in [5.74, 6) is 0. The van der Waals surface area contributed by atoms with Crippen molar-refractivity contribution in [3.05, 3.63) is 140 Å². The molecule has 0 amide bonds. The largest absolute Gasteiger partial charge is 0.375 e. The van der Waals surface area contributed by atoms with E-state index in [1.54, 1.807) is 0 Å². The van der Waals surface area contributed by atoms with Crippen LogP contribution in [-0.4, -0.2) is 22.9 Å². The SMILES string of the molecule is CN1c2ccccc2B(n2c3ccccc3c3ccc4c(c5ccccc5n4-c4ccccc4)c32)c2ccccc21. The first kappa shape index (κ1) is 22.6. The van der Waals surface area contributed by atoms with Gasteiger partial charge in [-0.1, -0.05) is 97.1 Å². The number of rotatable bonds is 2. The molecule has 1 aliphatic rings. The predicted octanol–water partition coefficient (Wildman–Crippen LogP) is 7.63. The van der Waals surface area contributed by atoms with Gasteiger partial charge in [0.25, 0.3) is 0 Å². The number of benzene rings is 6. The van der Waals surface area contributed by atoms with Crippen molar-refractivity contribution in [2.75, 3.05) is 11.9 Å². The minimum Gasteiger partial charge on any atom is -0.375 e. The Kier molecular flexibility index (Phi) is 4.62. The predicted molar refractivity (Wildman–Crippen MR) is 175 cm³/mol. The Balaban J connectivity index is 1.51. The van der Waals surface area contributed by atoms with Gasteiger partial charge in [-0.3, -0.25) is 0 Å². The molecule has 0 saturated carbocycles. The highest BCUT2D eigenvalue weighted by atomic mass is 15.1. The average Bonchev–Trinajstić information content (AvgIpc) is 3.55. The van der Waals surface area contributed by atoms with Gasteiger partial charge in [-0.15, -0.1) is 0 Å². The summed E-state index contributed by atoms with van der Waals surface area (Å²) in [6, 6.07) is 50.9. The Morgan fingerprint density at radius 2 is 1.05 bits per heavy atom. The Hall–Kier alpha value is -5.22. The van der Waals surface area contributed by atoms with Gasteiger partial charge >= 0.3 is 6.85 Å². The van der Waals surface area contributed by atoms with E-state index >= 15 is 0 Å². The Bertz CT molecular complexity index is 2250. The molecule has 0 aliphatic carbocycles. The summed E-state index contributed by atoms with van der Waals surface area (Å²) in [6.45, 7) is 0.0328. The van der Waals surface area contributed by atoms with Gasteiger partial charge in [-0.25, -0.2) is 0 Å². The third kappa shape index (κ3) is 2.99. The molecule has 0 atom stereocenters. The number of para-hydroxylation sites is 5. The molecule has 6 aromatic carbocycles. The Morgan fingerprint density at radius 1 is 0.463 bits per heavy atom. The molecule has 3 nitrogen and oxygen atoms in total. The minimum atomic E-state index is 0.0328. The van der Waals surface area contributed by atoms with Gasteiger partial charge in [-0.05, 0) is 53.4 Å². The van der Waals surface area contributed by atoms with Gasteiger partial charge in [0.2, 0.25) is 0 Å². The monoisotopic (exact) mass is 523 g/mol. The van der Waals surface area contributed by atoms with Crippen molar-refractivity contribution in [3.8, 4) is 5.69 Å². The van der Waals surface area contributed by atoms with Gasteiger partial charge < -0.3 is 13.9 Å². The summed E-state index contributed by atoms with van der Waals surface area (Å²) in [6.07, 6.45) is 0. The van der Waals surface area contributed by atoms with Crippen molar-refractivity contribution in [2.24, 2.45) is 0 Å². The maximum Gasteiger partial charge on any atom is 0.332 e. The summed E-state index contributed by atoms with van der Waals surface area (Å²) < 4.78 is 5.04. The number of hydrogen-bond acceptors (Lipinski definition) is 1. The van der Waals surface area contributed by atoms with Crippen LogP contribution < -0.4 is 15.8 Å². The second-order valence-corrected chi connectivity index (χ2v) is 11.0. The van der Waals surface area contributed by atoms with E-state index in [2.05, 4.69) is 161 Å². The Morgan fingerprint density at radius 3 is 1.78 bits per heavy atom. The highest BCUT2D eigenvalue weighted by molar-refractivity contribution is 6.88. The highest BCUT2D eigenvalue weighted by Gasteiger charge is 2.36. The van der Waals surface area contributed by atoms with E-state index in [0.29, 0.717) is 0 Å². The smallest absolute Gasteiger partial charge is 0.332 e. The van der Waals surface area contributed by atoms with Crippen molar-refractivity contribution >= 4 is 72.8 Å². The van der Waals surface area contributed by atoms with Gasteiger partial charge in [0.05, 0.1) is 11.0 Å². The third-order valence-corrected chi connectivity index (χ3v) is 8.96. The molecule has 9 rings (SSSR count). The summed E-state index contributed by atoms with van der Waals surface area (Å²) in [5, 5.41) is 5.15. The van der Waals surface area contributed by atoms with E-state index in [1.165, 1.54) is 71.6 Å². The molecular formula is C37H26BN3. The fraction of sp³-hybridized carbons (Fsp3) is 0.0270. The van der Waals surface area contributed by atoms with E-state index in [0.717, 1.165) is 0 Å². The highest BCUT2D eigenvalue weighted by Crippen LogP contribution is 2.41. The van der Waals surface area contributed by atoms with Crippen LogP contribution >= 0.6 is 0 Å². The zero-order valence-electron chi connectivity index (χ0n) is 22.7. The number of hydrogen-bond donors (Lipinski definition) is 0. The standard InChI is InChI=1S/C37H26BN3/c1-39-33-21-11-7-17-29(33)38(30-18-8-12-22-34(30)39)41-32-20-10-5-15-26(32)27-23-24-35-36(37(27)41)28-16-6-9-19-31(28)40(35)25-13-3-2-4-14-25/h2-24H,1H3. The fourth-order valence-corrected chi connectivity index (χ4v) is 7.29. The Labute approximate surface area is 238 Å². The lowest BCUT2D eigenvalue weighted by atomic mass is 9.47. The fourth-order valence-electron chi connectivity index (χ4n) is 7.29. The van der Waals surface area contributed by atoms with Gasteiger partial charge in [0, 0.05) is 56.7 Å². The zero-order chi connectivity index (χ0) is 27.1. The molecule has 192 valence electrons. The van der Waals surface area contributed by atoms with E-state index in [1.807, 2.05) is 0 Å². The van der Waals surface area contributed by atoms with Crippen molar-refractivity contribution < 1.29 is 0 Å². The van der Waals surface area contributed by atoms with Gasteiger partial charge in [0.1, 0.15) is 0 Å². The zero-order valence-corrected chi connectivity index (χ0v) is 22.7.